The predicted octanol–water partition coefficient (Wildman–Crippen LogP) is 2.93. The predicted molar refractivity (Wildman–Crippen MR) is 69.3 cm³/mol. The highest BCUT2D eigenvalue weighted by Gasteiger charge is 2.34. The van der Waals surface area contributed by atoms with E-state index in [1.807, 2.05) is 11.8 Å². The zero-order valence-corrected chi connectivity index (χ0v) is 10.7. The highest BCUT2D eigenvalue weighted by molar-refractivity contribution is 7.99. The summed E-state index contributed by atoms with van der Waals surface area (Å²) < 4.78 is 0. The lowest BCUT2D eigenvalue weighted by atomic mass is 9.94. The van der Waals surface area contributed by atoms with Gasteiger partial charge in [0.25, 0.3) is 0 Å². The molecule has 0 aromatic carbocycles. The van der Waals surface area contributed by atoms with Crippen LogP contribution in [0.5, 0.6) is 0 Å². The summed E-state index contributed by atoms with van der Waals surface area (Å²) in [5.74, 6) is 2.76. The maximum atomic E-state index is 3.63. The van der Waals surface area contributed by atoms with Gasteiger partial charge in [-0.2, -0.15) is 11.8 Å². The van der Waals surface area contributed by atoms with Gasteiger partial charge >= 0.3 is 0 Å². The Labute approximate surface area is 98.1 Å². The molecule has 2 bridgehead atoms. The maximum absolute atomic E-state index is 3.63. The van der Waals surface area contributed by atoms with Gasteiger partial charge in [-0.15, -0.1) is 0 Å². The smallest absolute Gasteiger partial charge is 0.00280 e. The molecule has 4 unspecified atom stereocenters. The van der Waals surface area contributed by atoms with Crippen molar-refractivity contribution in [2.75, 3.05) is 19.3 Å². The van der Waals surface area contributed by atoms with Crippen LogP contribution in [0, 0.1) is 17.8 Å². The van der Waals surface area contributed by atoms with Crippen molar-refractivity contribution in [1.29, 1.82) is 0 Å². The SMILES string of the molecule is CSC(C)CCNCC1CC2C=CC1C2. The maximum Gasteiger partial charge on any atom is 0.00280 e. The summed E-state index contributed by atoms with van der Waals surface area (Å²) in [6.45, 7) is 4.75. The number of hydrogen-bond acceptors (Lipinski definition) is 2. The zero-order chi connectivity index (χ0) is 10.7. The molecule has 1 nitrogen and oxygen atoms in total. The van der Waals surface area contributed by atoms with Gasteiger partial charge in [-0.1, -0.05) is 19.1 Å². The summed E-state index contributed by atoms with van der Waals surface area (Å²) in [5.41, 5.74) is 0. The van der Waals surface area contributed by atoms with Crippen molar-refractivity contribution >= 4 is 11.8 Å². The van der Waals surface area contributed by atoms with Crippen LogP contribution < -0.4 is 5.32 Å². The van der Waals surface area contributed by atoms with Crippen molar-refractivity contribution in [2.45, 2.75) is 31.4 Å². The first-order chi connectivity index (χ1) is 7.29. The molecule has 1 N–H and O–H groups in total. The van der Waals surface area contributed by atoms with E-state index in [-0.39, 0.29) is 0 Å². The lowest BCUT2D eigenvalue weighted by Crippen LogP contribution is -2.27. The summed E-state index contributed by atoms with van der Waals surface area (Å²) in [4.78, 5) is 0. The Balaban J connectivity index is 1.57. The van der Waals surface area contributed by atoms with Gasteiger partial charge in [0.2, 0.25) is 0 Å². The van der Waals surface area contributed by atoms with Crippen LogP contribution in [-0.2, 0) is 0 Å². The van der Waals surface area contributed by atoms with E-state index < -0.39 is 0 Å². The second-order valence-corrected chi connectivity index (χ2v) is 6.36. The molecule has 0 radical (unpaired) electrons. The Morgan fingerprint density at radius 1 is 1.40 bits per heavy atom. The summed E-state index contributed by atoms with van der Waals surface area (Å²) in [7, 11) is 0. The second kappa shape index (κ2) is 5.40. The second-order valence-electron chi connectivity index (χ2n) is 5.08. The largest absolute Gasteiger partial charge is 0.316 e. The summed E-state index contributed by atoms with van der Waals surface area (Å²) in [5, 5.41) is 4.43. The average molecular weight is 225 g/mol. The first kappa shape index (κ1) is 11.5. The third-order valence-electron chi connectivity index (χ3n) is 3.95. The van der Waals surface area contributed by atoms with Gasteiger partial charge in [0.05, 0.1) is 0 Å². The minimum absolute atomic E-state index is 0.803. The van der Waals surface area contributed by atoms with Crippen LogP contribution in [0.3, 0.4) is 0 Å². The fourth-order valence-corrected chi connectivity index (χ4v) is 3.19. The van der Waals surface area contributed by atoms with E-state index in [0.29, 0.717) is 0 Å². The van der Waals surface area contributed by atoms with Crippen LogP contribution in [0.4, 0.5) is 0 Å². The van der Waals surface area contributed by atoms with Crippen molar-refractivity contribution < 1.29 is 0 Å². The van der Waals surface area contributed by atoms with E-state index in [9.17, 15) is 0 Å². The molecule has 0 aromatic rings. The zero-order valence-electron chi connectivity index (χ0n) is 9.91. The van der Waals surface area contributed by atoms with Gasteiger partial charge in [-0.05, 0) is 56.4 Å². The van der Waals surface area contributed by atoms with E-state index in [1.165, 1.54) is 32.4 Å². The normalized spacial score (nSPS) is 34.9. The quantitative estimate of drug-likeness (QED) is 0.551. The summed E-state index contributed by atoms with van der Waals surface area (Å²) >= 11 is 1.97. The number of thioether (sulfide) groups is 1. The summed E-state index contributed by atoms with van der Waals surface area (Å²) in [6, 6.07) is 0. The average Bonchev–Trinajstić information content (AvgIpc) is 2.85. The van der Waals surface area contributed by atoms with Gasteiger partial charge in [-0.3, -0.25) is 0 Å². The minimum Gasteiger partial charge on any atom is -0.316 e. The van der Waals surface area contributed by atoms with E-state index in [4.69, 9.17) is 0 Å². The molecule has 2 aliphatic carbocycles. The number of nitrogens with one attached hydrogen (secondary N) is 1. The summed E-state index contributed by atoms with van der Waals surface area (Å²) in [6.07, 6.45) is 11.3. The Morgan fingerprint density at radius 3 is 2.87 bits per heavy atom. The van der Waals surface area contributed by atoms with Crippen LogP contribution in [0.25, 0.3) is 0 Å². The van der Waals surface area contributed by atoms with Crippen LogP contribution in [-0.4, -0.2) is 24.6 Å². The first-order valence-corrected chi connectivity index (χ1v) is 7.50. The molecule has 1 fully saturated rings. The molecule has 2 aliphatic rings. The molecular weight excluding hydrogens is 202 g/mol. The third-order valence-corrected chi connectivity index (χ3v) is 4.99. The van der Waals surface area contributed by atoms with Gasteiger partial charge in [0, 0.05) is 5.25 Å². The Bertz CT molecular complexity index is 227. The van der Waals surface area contributed by atoms with E-state index in [0.717, 1.165) is 23.0 Å². The molecule has 0 amide bonds. The van der Waals surface area contributed by atoms with Crippen LogP contribution in [0.1, 0.15) is 26.2 Å². The third kappa shape index (κ3) is 3.01. The highest BCUT2D eigenvalue weighted by atomic mass is 32.2. The van der Waals surface area contributed by atoms with Gasteiger partial charge < -0.3 is 5.32 Å². The molecule has 4 atom stereocenters. The van der Waals surface area contributed by atoms with Crippen molar-refractivity contribution in [1.82, 2.24) is 5.32 Å². The first-order valence-electron chi connectivity index (χ1n) is 6.21. The molecule has 2 heteroatoms. The van der Waals surface area contributed by atoms with E-state index in [2.05, 4.69) is 30.6 Å². The Kier molecular flexibility index (Phi) is 4.15. The Hall–Kier alpha value is 0.0500. The van der Waals surface area contributed by atoms with E-state index >= 15 is 0 Å². The van der Waals surface area contributed by atoms with Crippen molar-refractivity contribution in [3.8, 4) is 0 Å². The molecule has 0 aromatic heterocycles. The molecular formula is C13H23NS. The fourth-order valence-electron chi connectivity index (χ4n) is 2.84. The number of allylic oxidation sites excluding steroid dienone is 2. The highest BCUT2D eigenvalue weighted by Crippen LogP contribution is 2.42. The number of hydrogen-bond donors (Lipinski definition) is 1. The van der Waals surface area contributed by atoms with Crippen LogP contribution in [0.15, 0.2) is 12.2 Å². The molecule has 2 rings (SSSR count). The minimum atomic E-state index is 0.803. The molecule has 1 saturated carbocycles. The number of fused-ring (bicyclic) bond motifs is 2. The van der Waals surface area contributed by atoms with Crippen molar-refractivity contribution in [3.05, 3.63) is 12.2 Å². The van der Waals surface area contributed by atoms with Crippen LogP contribution in [0.2, 0.25) is 0 Å². The van der Waals surface area contributed by atoms with Crippen LogP contribution >= 0.6 is 11.8 Å². The molecule has 0 saturated heterocycles. The van der Waals surface area contributed by atoms with Crippen molar-refractivity contribution in [2.24, 2.45) is 17.8 Å². The van der Waals surface area contributed by atoms with Gasteiger partial charge in [0.1, 0.15) is 0 Å². The molecule has 0 aliphatic heterocycles. The van der Waals surface area contributed by atoms with E-state index in [1.54, 1.807) is 0 Å². The lowest BCUT2D eigenvalue weighted by Gasteiger charge is -2.19. The standard InChI is InChI=1S/C13H23NS/c1-10(15-2)5-6-14-9-13-8-11-3-4-12(13)7-11/h3-4,10-14H,5-9H2,1-2H3. The molecule has 15 heavy (non-hydrogen) atoms. The monoisotopic (exact) mass is 225 g/mol. The van der Waals surface area contributed by atoms with Gasteiger partial charge in [0.15, 0.2) is 0 Å². The fraction of sp³-hybridized carbons (Fsp3) is 0.846. The molecule has 86 valence electrons. The molecule has 0 spiro atoms. The topological polar surface area (TPSA) is 12.0 Å². The number of rotatable bonds is 6. The lowest BCUT2D eigenvalue weighted by molar-refractivity contribution is 0.413. The molecule has 0 heterocycles. The Morgan fingerprint density at radius 2 is 2.27 bits per heavy atom. The van der Waals surface area contributed by atoms with Crippen molar-refractivity contribution in [3.63, 3.8) is 0 Å². The van der Waals surface area contributed by atoms with Gasteiger partial charge in [-0.25, -0.2) is 0 Å².